The van der Waals surface area contributed by atoms with Gasteiger partial charge in [0, 0.05) is 0 Å². The Morgan fingerprint density at radius 1 is 0.583 bits per heavy atom. The first-order chi connectivity index (χ1) is 11.6. The van der Waals surface area contributed by atoms with E-state index in [9.17, 15) is 0 Å². The molecule has 0 atom stereocenters. The van der Waals surface area contributed by atoms with Crippen LogP contribution in [0.5, 0.6) is 23.0 Å². The van der Waals surface area contributed by atoms with Crippen LogP contribution in [0.3, 0.4) is 0 Å². The number of hydrogen-bond acceptors (Lipinski definition) is 4. The highest BCUT2D eigenvalue weighted by Crippen LogP contribution is 2.29. The second kappa shape index (κ2) is 9.06. The Morgan fingerprint density at radius 2 is 0.917 bits per heavy atom. The Kier molecular flexibility index (Phi) is 6.79. The quantitative estimate of drug-likeness (QED) is 0.624. The third-order valence-electron chi connectivity index (χ3n) is 3.02. The normalized spacial score (nSPS) is 10.8. The van der Waals surface area contributed by atoms with Crippen molar-refractivity contribution in [3.05, 3.63) is 48.5 Å². The van der Waals surface area contributed by atoms with Crippen molar-refractivity contribution < 1.29 is 18.9 Å². The zero-order valence-corrected chi connectivity index (χ0v) is 14.8. The molecule has 0 amide bonds. The van der Waals surface area contributed by atoms with Gasteiger partial charge in [0.05, 0.1) is 12.2 Å². The molecular weight excluding hydrogens is 304 g/mol. The molecule has 2 aromatic carbocycles. The first-order valence-electron chi connectivity index (χ1n) is 8.33. The minimum absolute atomic E-state index is 0.103. The molecule has 0 unspecified atom stereocenters. The first-order valence-corrected chi connectivity index (χ1v) is 8.33. The number of hydrogen-bond donors (Lipinski definition) is 0. The summed E-state index contributed by atoms with van der Waals surface area (Å²) >= 11 is 0. The zero-order valence-electron chi connectivity index (χ0n) is 14.8. The lowest BCUT2D eigenvalue weighted by atomic mass is 10.3. The molecule has 0 fully saturated rings. The van der Waals surface area contributed by atoms with Crippen LogP contribution in [0.2, 0.25) is 0 Å². The van der Waals surface area contributed by atoms with Crippen molar-refractivity contribution in [2.45, 2.75) is 39.9 Å². The maximum absolute atomic E-state index is 5.79. The van der Waals surface area contributed by atoms with Gasteiger partial charge in [-0.05, 0) is 52.0 Å². The predicted molar refractivity (Wildman–Crippen MR) is 95.4 cm³/mol. The molecule has 2 rings (SSSR count). The average Bonchev–Trinajstić information content (AvgIpc) is 2.53. The van der Waals surface area contributed by atoms with E-state index in [1.165, 1.54) is 0 Å². The van der Waals surface area contributed by atoms with Crippen LogP contribution in [0.15, 0.2) is 48.5 Å². The summed E-state index contributed by atoms with van der Waals surface area (Å²) < 4.78 is 23.1. The number of benzene rings is 2. The third-order valence-corrected chi connectivity index (χ3v) is 3.02. The van der Waals surface area contributed by atoms with E-state index in [-0.39, 0.29) is 12.2 Å². The second-order valence-electron chi connectivity index (χ2n) is 5.92. The molecule has 24 heavy (non-hydrogen) atoms. The Morgan fingerprint density at radius 3 is 1.25 bits per heavy atom. The van der Waals surface area contributed by atoms with Crippen molar-refractivity contribution in [1.29, 1.82) is 0 Å². The first kappa shape index (κ1) is 18.0. The van der Waals surface area contributed by atoms with E-state index in [2.05, 4.69) is 0 Å². The lowest BCUT2D eigenvalue weighted by Crippen LogP contribution is -2.12. The molecule has 0 radical (unpaired) electrons. The average molecular weight is 330 g/mol. The third kappa shape index (κ3) is 5.69. The standard InChI is InChI=1S/C20H26O4/c1-15(2)23-19-11-7-5-9-17(19)21-13-14-22-18-10-6-8-12-20(18)24-16(3)4/h5-12,15-16H,13-14H2,1-4H3. The van der Waals surface area contributed by atoms with Crippen LogP contribution < -0.4 is 18.9 Å². The molecule has 0 spiro atoms. The summed E-state index contributed by atoms with van der Waals surface area (Å²) in [4.78, 5) is 0. The summed E-state index contributed by atoms with van der Waals surface area (Å²) in [6.45, 7) is 8.82. The summed E-state index contributed by atoms with van der Waals surface area (Å²) in [7, 11) is 0. The summed E-state index contributed by atoms with van der Waals surface area (Å²) in [5.74, 6) is 2.94. The van der Waals surface area contributed by atoms with Crippen LogP contribution >= 0.6 is 0 Å². The molecule has 0 N–H and O–H groups in total. The maximum Gasteiger partial charge on any atom is 0.161 e. The molecular formula is C20H26O4. The maximum atomic E-state index is 5.79. The molecule has 0 aliphatic rings. The van der Waals surface area contributed by atoms with Gasteiger partial charge in [-0.3, -0.25) is 0 Å². The van der Waals surface area contributed by atoms with Gasteiger partial charge in [-0.15, -0.1) is 0 Å². The Balaban J connectivity index is 1.88. The molecule has 0 saturated carbocycles. The molecule has 0 aromatic heterocycles. The predicted octanol–water partition coefficient (Wildman–Crippen LogP) is 4.72. The van der Waals surface area contributed by atoms with E-state index in [0.29, 0.717) is 13.2 Å². The fourth-order valence-electron chi connectivity index (χ4n) is 2.14. The molecule has 0 saturated heterocycles. The molecule has 4 nitrogen and oxygen atoms in total. The van der Waals surface area contributed by atoms with Gasteiger partial charge in [-0.25, -0.2) is 0 Å². The minimum atomic E-state index is 0.103. The Labute approximate surface area is 144 Å². The molecule has 0 bridgehead atoms. The highest BCUT2D eigenvalue weighted by Gasteiger charge is 2.08. The van der Waals surface area contributed by atoms with Crippen LogP contribution in [0.4, 0.5) is 0 Å². The van der Waals surface area contributed by atoms with Gasteiger partial charge in [-0.2, -0.15) is 0 Å². The van der Waals surface area contributed by atoms with Gasteiger partial charge in [0.25, 0.3) is 0 Å². The van der Waals surface area contributed by atoms with Crippen LogP contribution in [0, 0.1) is 0 Å². The highest BCUT2D eigenvalue weighted by atomic mass is 16.6. The van der Waals surface area contributed by atoms with Gasteiger partial charge in [0.1, 0.15) is 13.2 Å². The van der Waals surface area contributed by atoms with Crippen molar-refractivity contribution in [1.82, 2.24) is 0 Å². The van der Waals surface area contributed by atoms with Crippen LogP contribution in [0.1, 0.15) is 27.7 Å². The molecule has 130 valence electrons. The van der Waals surface area contributed by atoms with Crippen molar-refractivity contribution in [2.24, 2.45) is 0 Å². The fraction of sp³-hybridized carbons (Fsp3) is 0.400. The molecule has 0 heterocycles. The molecule has 2 aromatic rings. The van der Waals surface area contributed by atoms with E-state index < -0.39 is 0 Å². The van der Waals surface area contributed by atoms with Gasteiger partial charge >= 0.3 is 0 Å². The van der Waals surface area contributed by atoms with Gasteiger partial charge in [0.15, 0.2) is 23.0 Å². The summed E-state index contributed by atoms with van der Waals surface area (Å²) in [5.41, 5.74) is 0. The summed E-state index contributed by atoms with van der Waals surface area (Å²) in [5, 5.41) is 0. The summed E-state index contributed by atoms with van der Waals surface area (Å²) in [6.07, 6.45) is 0.206. The molecule has 0 aliphatic heterocycles. The monoisotopic (exact) mass is 330 g/mol. The number of rotatable bonds is 9. The Bertz CT molecular complexity index is 567. The van der Waals surface area contributed by atoms with E-state index in [1.807, 2.05) is 76.2 Å². The zero-order chi connectivity index (χ0) is 17.4. The van der Waals surface area contributed by atoms with Crippen LogP contribution in [-0.4, -0.2) is 25.4 Å². The smallest absolute Gasteiger partial charge is 0.161 e. The van der Waals surface area contributed by atoms with E-state index in [1.54, 1.807) is 0 Å². The van der Waals surface area contributed by atoms with E-state index in [4.69, 9.17) is 18.9 Å². The molecule has 0 aliphatic carbocycles. The molecule has 4 heteroatoms. The Hall–Kier alpha value is -2.36. The fourth-order valence-corrected chi connectivity index (χ4v) is 2.14. The van der Waals surface area contributed by atoms with Crippen LogP contribution in [0.25, 0.3) is 0 Å². The van der Waals surface area contributed by atoms with E-state index in [0.717, 1.165) is 23.0 Å². The van der Waals surface area contributed by atoms with Crippen LogP contribution in [-0.2, 0) is 0 Å². The second-order valence-corrected chi connectivity index (χ2v) is 5.92. The van der Waals surface area contributed by atoms with Gasteiger partial charge in [-0.1, -0.05) is 24.3 Å². The highest BCUT2D eigenvalue weighted by molar-refractivity contribution is 5.40. The lowest BCUT2D eigenvalue weighted by Gasteiger charge is -2.16. The SMILES string of the molecule is CC(C)Oc1ccccc1OCCOc1ccccc1OC(C)C. The lowest BCUT2D eigenvalue weighted by molar-refractivity contribution is 0.183. The number of para-hydroxylation sites is 4. The van der Waals surface area contributed by atoms with Crippen molar-refractivity contribution >= 4 is 0 Å². The van der Waals surface area contributed by atoms with Crippen molar-refractivity contribution in [3.63, 3.8) is 0 Å². The van der Waals surface area contributed by atoms with E-state index >= 15 is 0 Å². The van der Waals surface area contributed by atoms with Crippen molar-refractivity contribution in [3.8, 4) is 23.0 Å². The van der Waals surface area contributed by atoms with Crippen molar-refractivity contribution in [2.75, 3.05) is 13.2 Å². The number of ether oxygens (including phenoxy) is 4. The van der Waals surface area contributed by atoms with Gasteiger partial charge in [0.2, 0.25) is 0 Å². The largest absolute Gasteiger partial charge is 0.487 e. The van der Waals surface area contributed by atoms with Gasteiger partial charge < -0.3 is 18.9 Å². The summed E-state index contributed by atoms with van der Waals surface area (Å²) in [6, 6.07) is 15.3. The minimum Gasteiger partial charge on any atom is -0.487 e. The topological polar surface area (TPSA) is 36.9 Å².